The monoisotopic (exact) mass is 251 g/mol. The van der Waals surface area contributed by atoms with E-state index < -0.39 is 0 Å². The number of rotatable bonds is 2. The molecule has 1 aromatic heterocycles. The van der Waals surface area contributed by atoms with E-state index in [1.165, 1.54) is 12.8 Å². The smallest absolute Gasteiger partial charge is 0.321 e. The van der Waals surface area contributed by atoms with Gasteiger partial charge in [0.25, 0.3) is 0 Å². The number of urea groups is 1. The largest absolute Gasteiger partial charge is 0.322 e. The molecule has 1 saturated carbocycles. The Morgan fingerprint density at radius 2 is 2.24 bits per heavy atom. The lowest BCUT2D eigenvalue weighted by atomic mass is 9.99. The lowest BCUT2D eigenvalue weighted by Gasteiger charge is -2.41. The third kappa shape index (κ3) is 2.22. The number of pyridine rings is 1. The van der Waals surface area contributed by atoms with Crippen LogP contribution < -0.4 is 5.32 Å². The second kappa shape index (κ2) is 4.18. The van der Waals surface area contributed by atoms with Gasteiger partial charge in [-0.3, -0.25) is 0 Å². The molecular formula is C12H14ClN3O. The van der Waals surface area contributed by atoms with Gasteiger partial charge in [-0.2, -0.15) is 0 Å². The second-order valence-electron chi connectivity index (χ2n) is 4.69. The standard InChI is InChI=1S/C12H14ClN3O/c13-11-4-3-9(7-14-11)15-12(17)16-6-5-10(16)8-1-2-8/h3-4,7-8,10H,1-2,5-6H2,(H,15,17). The Morgan fingerprint density at radius 1 is 1.41 bits per heavy atom. The Bertz CT molecular complexity index is 430. The maximum atomic E-state index is 12.0. The van der Waals surface area contributed by atoms with Crippen LogP contribution in [-0.2, 0) is 0 Å². The predicted octanol–water partition coefficient (Wildman–Crippen LogP) is 2.75. The highest BCUT2D eigenvalue weighted by Gasteiger charge is 2.42. The molecule has 1 aliphatic carbocycles. The van der Waals surface area contributed by atoms with Crippen LogP contribution in [0.25, 0.3) is 0 Å². The summed E-state index contributed by atoms with van der Waals surface area (Å²) in [5, 5.41) is 3.28. The summed E-state index contributed by atoms with van der Waals surface area (Å²) in [4.78, 5) is 17.8. The van der Waals surface area contributed by atoms with Gasteiger partial charge in [-0.05, 0) is 37.3 Å². The Hall–Kier alpha value is -1.29. The van der Waals surface area contributed by atoms with Crippen molar-refractivity contribution in [1.82, 2.24) is 9.88 Å². The SMILES string of the molecule is O=C(Nc1ccc(Cl)nc1)N1CCC1C1CC1. The van der Waals surface area contributed by atoms with E-state index in [9.17, 15) is 4.79 Å². The fraction of sp³-hybridized carbons (Fsp3) is 0.500. The van der Waals surface area contributed by atoms with E-state index in [1.807, 2.05) is 4.90 Å². The fourth-order valence-electron chi connectivity index (χ4n) is 2.28. The van der Waals surface area contributed by atoms with Gasteiger partial charge in [0.05, 0.1) is 11.9 Å². The molecule has 2 aliphatic rings. The molecular weight excluding hydrogens is 238 g/mol. The Kier molecular flexibility index (Phi) is 2.67. The van der Waals surface area contributed by atoms with Crippen molar-refractivity contribution >= 4 is 23.3 Å². The summed E-state index contributed by atoms with van der Waals surface area (Å²) in [6, 6.07) is 3.89. The molecule has 1 atom stereocenters. The van der Waals surface area contributed by atoms with Crippen molar-refractivity contribution in [3.63, 3.8) is 0 Å². The zero-order chi connectivity index (χ0) is 11.8. The third-order valence-corrected chi connectivity index (χ3v) is 3.70. The summed E-state index contributed by atoms with van der Waals surface area (Å²) in [5.74, 6) is 0.748. The van der Waals surface area contributed by atoms with Crippen LogP contribution >= 0.6 is 11.6 Å². The maximum absolute atomic E-state index is 12.0. The average Bonchev–Trinajstić information content (AvgIpc) is 3.04. The average molecular weight is 252 g/mol. The van der Waals surface area contributed by atoms with Crippen LogP contribution in [-0.4, -0.2) is 28.5 Å². The molecule has 2 fully saturated rings. The quantitative estimate of drug-likeness (QED) is 0.822. The van der Waals surface area contributed by atoms with Crippen molar-refractivity contribution in [3.05, 3.63) is 23.5 Å². The highest BCUT2D eigenvalue weighted by Crippen LogP contribution is 2.41. The van der Waals surface area contributed by atoms with E-state index in [1.54, 1.807) is 18.3 Å². The number of hydrogen-bond acceptors (Lipinski definition) is 2. The minimum Gasteiger partial charge on any atom is -0.321 e. The van der Waals surface area contributed by atoms with Crippen LogP contribution in [0.5, 0.6) is 0 Å². The highest BCUT2D eigenvalue weighted by molar-refractivity contribution is 6.29. The van der Waals surface area contributed by atoms with Gasteiger partial charge in [0.1, 0.15) is 5.15 Å². The number of aromatic nitrogens is 1. The molecule has 1 saturated heterocycles. The van der Waals surface area contributed by atoms with Crippen molar-refractivity contribution in [2.75, 3.05) is 11.9 Å². The highest BCUT2D eigenvalue weighted by atomic mass is 35.5. The van der Waals surface area contributed by atoms with Crippen molar-refractivity contribution in [2.45, 2.75) is 25.3 Å². The van der Waals surface area contributed by atoms with Crippen LogP contribution in [0.2, 0.25) is 5.15 Å². The maximum Gasteiger partial charge on any atom is 0.322 e. The van der Waals surface area contributed by atoms with E-state index in [2.05, 4.69) is 10.3 Å². The lowest BCUT2D eigenvalue weighted by molar-refractivity contribution is 0.111. The van der Waals surface area contributed by atoms with Crippen LogP contribution in [0.1, 0.15) is 19.3 Å². The Balaban J connectivity index is 1.61. The molecule has 0 spiro atoms. The van der Waals surface area contributed by atoms with Crippen molar-refractivity contribution < 1.29 is 4.79 Å². The van der Waals surface area contributed by atoms with Gasteiger partial charge in [-0.25, -0.2) is 9.78 Å². The number of nitrogens with one attached hydrogen (secondary N) is 1. The first kappa shape index (κ1) is 10.8. The summed E-state index contributed by atoms with van der Waals surface area (Å²) < 4.78 is 0. The summed E-state index contributed by atoms with van der Waals surface area (Å²) in [6.07, 6.45) is 5.27. The molecule has 0 radical (unpaired) electrons. The molecule has 1 unspecified atom stereocenters. The minimum atomic E-state index is -0.0164. The molecule has 2 heterocycles. The molecule has 17 heavy (non-hydrogen) atoms. The molecule has 1 aromatic rings. The van der Waals surface area contributed by atoms with Crippen LogP contribution in [0, 0.1) is 5.92 Å². The molecule has 5 heteroatoms. The van der Waals surface area contributed by atoms with Crippen molar-refractivity contribution in [2.24, 2.45) is 5.92 Å². The summed E-state index contributed by atoms with van der Waals surface area (Å²) in [6.45, 7) is 0.869. The van der Waals surface area contributed by atoms with Gasteiger partial charge in [0, 0.05) is 12.6 Å². The number of carbonyl (C=O) groups is 1. The first-order chi connectivity index (χ1) is 8.24. The molecule has 1 aliphatic heterocycles. The van der Waals surface area contributed by atoms with Gasteiger partial charge in [0.2, 0.25) is 0 Å². The number of halogens is 1. The van der Waals surface area contributed by atoms with Crippen molar-refractivity contribution in [3.8, 4) is 0 Å². The zero-order valence-electron chi connectivity index (χ0n) is 9.40. The third-order valence-electron chi connectivity index (χ3n) is 3.47. The van der Waals surface area contributed by atoms with Gasteiger partial charge in [-0.15, -0.1) is 0 Å². The summed E-state index contributed by atoms with van der Waals surface area (Å²) in [7, 11) is 0. The minimum absolute atomic E-state index is 0.0164. The van der Waals surface area contributed by atoms with Crippen LogP contribution in [0.4, 0.5) is 10.5 Å². The van der Waals surface area contributed by atoms with Gasteiger partial charge >= 0.3 is 6.03 Å². The number of amides is 2. The molecule has 0 bridgehead atoms. The fourth-order valence-corrected chi connectivity index (χ4v) is 2.39. The number of nitrogens with zero attached hydrogens (tertiary/aromatic N) is 2. The lowest BCUT2D eigenvalue weighted by Crippen LogP contribution is -2.53. The number of likely N-dealkylation sites (tertiary alicyclic amines) is 1. The van der Waals surface area contributed by atoms with Crippen molar-refractivity contribution in [1.29, 1.82) is 0 Å². The molecule has 0 aromatic carbocycles. The van der Waals surface area contributed by atoms with Gasteiger partial charge in [-0.1, -0.05) is 11.6 Å². The summed E-state index contributed by atoms with van der Waals surface area (Å²) in [5.41, 5.74) is 0.695. The number of hydrogen-bond donors (Lipinski definition) is 1. The van der Waals surface area contributed by atoms with E-state index in [-0.39, 0.29) is 6.03 Å². The van der Waals surface area contributed by atoms with Gasteiger partial charge in [0.15, 0.2) is 0 Å². The first-order valence-corrected chi connectivity index (χ1v) is 6.31. The van der Waals surface area contributed by atoms with E-state index in [4.69, 9.17) is 11.6 Å². The predicted molar refractivity (Wildman–Crippen MR) is 66.1 cm³/mol. The number of carbonyl (C=O) groups excluding carboxylic acids is 1. The molecule has 90 valence electrons. The first-order valence-electron chi connectivity index (χ1n) is 5.93. The van der Waals surface area contributed by atoms with E-state index in [0.29, 0.717) is 16.9 Å². The molecule has 1 N–H and O–H groups in total. The van der Waals surface area contributed by atoms with Crippen LogP contribution in [0.15, 0.2) is 18.3 Å². The van der Waals surface area contributed by atoms with E-state index in [0.717, 1.165) is 18.9 Å². The zero-order valence-corrected chi connectivity index (χ0v) is 10.2. The molecule has 2 amide bonds. The molecule has 3 rings (SSSR count). The topological polar surface area (TPSA) is 45.2 Å². The molecule has 4 nitrogen and oxygen atoms in total. The summed E-state index contributed by atoms with van der Waals surface area (Å²) >= 11 is 5.69. The van der Waals surface area contributed by atoms with E-state index >= 15 is 0 Å². The number of anilines is 1. The normalized spacial score (nSPS) is 23.1. The Labute approximate surface area is 105 Å². The van der Waals surface area contributed by atoms with Crippen LogP contribution in [0.3, 0.4) is 0 Å². The Morgan fingerprint density at radius 3 is 2.76 bits per heavy atom. The van der Waals surface area contributed by atoms with Gasteiger partial charge < -0.3 is 10.2 Å². The second-order valence-corrected chi connectivity index (χ2v) is 5.07.